The van der Waals surface area contributed by atoms with Gasteiger partial charge < -0.3 is 10.2 Å². The minimum absolute atomic E-state index is 0.102. The van der Waals surface area contributed by atoms with Crippen molar-refractivity contribution in [3.8, 4) is 0 Å². The summed E-state index contributed by atoms with van der Waals surface area (Å²) in [6, 6.07) is 20.8. The first-order chi connectivity index (χ1) is 17.1. The minimum Gasteiger partial charge on any atom is -0.357 e. The highest BCUT2D eigenvalue weighted by Crippen LogP contribution is 2.21. The molecule has 0 spiro atoms. The summed E-state index contributed by atoms with van der Waals surface area (Å²) in [6.07, 6.45) is 1.22. The monoisotopic (exact) mass is 511 g/mol. The van der Waals surface area contributed by atoms with E-state index in [4.69, 9.17) is 0 Å². The number of carbonyl (C=O) groups excluding carboxylic acids is 2. The van der Waals surface area contributed by atoms with Crippen LogP contribution in [0.3, 0.4) is 0 Å². The molecular formula is C27H30FN3O4S. The Labute approximate surface area is 211 Å². The predicted octanol–water partition coefficient (Wildman–Crippen LogP) is 3.29. The first-order valence-electron chi connectivity index (χ1n) is 11.4. The fourth-order valence-corrected chi connectivity index (χ4v) is 4.68. The predicted molar refractivity (Wildman–Crippen MR) is 138 cm³/mol. The summed E-state index contributed by atoms with van der Waals surface area (Å²) in [7, 11) is -2.39. The smallest absolute Gasteiger partial charge is 0.244 e. The standard InChI is InChI=1S/C27H30FN3O4S/c1-20-9-11-22(12-10-20)18-30(25(27(33)29-2)17-21-7-5-4-6-8-21)26(32)19-31(36(3,34)35)24-15-13-23(28)14-16-24/h4-16,25H,17-19H2,1-3H3,(H,29,33). The third-order valence-corrected chi connectivity index (χ3v) is 6.93. The van der Waals surface area contributed by atoms with Crippen molar-refractivity contribution in [2.45, 2.75) is 25.9 Å². The Kier molecular flexibility index (Phi) is 8.82. The molecule has 7 nitrogen and oxygen atoms in total. The highest BCUT2D eigenvalue weighted by molar-refractivity contribution is 7.92. The van der Waals surface area contributed by atoms with Gasteiger partial charge in [0.25, 0.3) is 0 Å². The van der Waals surface area contributed by atoms with E-state index in [2.05, 4.69) is 5.32 Å². The molecule has 0 aliphatic rings. The SMILES string of the molecule is CNC(=O)C(Cc1ccccc1)N(Cc1ccc(C)cc1)C(=O)CN(c1ccc(F)cc1)S(C)(=O)=O. The van der Waals surface area contributed by atoms with Crippen LogP contribution in [-0.2, 0) is 32.6 Å². The van der Waals surface area contributed by atoms with Crippen LogP contribution in [0.4, 0.5) is 10.1 Å². The minimum atomic E-state index is -3.89. The summed E-state index contributed by atoms with van der Waals surface area (Å²) in [6.45, 7) is 1.51. The number of carbonyl (C=O) groups is 2. The fraction of sp³-hybridized carbons (Fsp3) is 0.259. The molecule has 0 radical (unpaired) electrons. The van der Waals surface area contributed by atoms with E-state index >= 15 is 0 Å². The summed E-state index contributed by atoms with van der Waals surface area (Å²) < 4.78 is 39.6. The van der Waals surface area contributed by atoms with Crippen molar-refractivity contribution in [3.05, 3.63) is 101 Å². The van der Waals surface area contributed by atoms with Crippen molar-refractivity contribution in [3.63, 3.8) is 0 Å². The Morgan fingerprint density at radius 3 is 2.08 bits per heavy atom. The normalized spacial score (nSPS) is 12.0. The van der Waals surface area contributed by atoms with Crippen LogP contribution in [0, 0.1) is 12.7 Å². The lowest BCUT2D eigenvalue weighted by molar-refractivity contribution is -0.139. The highest BCUT2D eigenvalue weighted by Gasteiger charge is 2.32. The molecule has 2 amide bonds. The van der Waals surface area contributed by atoms with Gasteiger partial charge in [-0.1, -0.05) is 60.2 Å². The van der Waals surface area contributed by atoms with Crippen molar-refractivity contribution in [2.24, 2.45) is 0 Å². The quantitative estimate of drug-likeness (QED) is 0.453. The molecule has 0 heterocycles. The van der Waals surface area contributed by atoms with Gasteiger partial charge in [-0.05, 0) is 42.3 Å². The third-order valence-electron chi connectivity index (χ3n) is 5.78. The number of hydrogen-bond donors (Lipinski definition) is 1. The number of benzene rings is 3. The molecule has 36 heavy (non-hydrogen) atoms. The van der Waals surface area contributed by atoms with Crippen LogP contribution in [0.15, 0.2) is 78.9 Å². The number of hydrogen-bond acceptors (Lipinski definition) is 4. The fourth-order valence-electron chi connectivity index (χ4n) is 3.83. The molecule has 0 aromatic heterocycles. The van der Waals surface area contributed by atoms with Gasteiger partial charge in [-0.3, -0.25) is 13.9 Å². The maximum Gasteiger partial charge on any atom is 0.244 e. The van der Waals surface area contributed by atoms with Crippen LogP contribution in [-0.4, -0.2) is 51.0 Å². The second-order valence-electron chi connectivity index (χ2n) is 8.57. The van der Waals surface area contributed by atoms with E-state index in [1.807, 2.05) is 61.5 Å². The van der Waals surface area contributed by atoms with Crippen LogP contribution < -0.4 is 9.62 Å². The number of anilines is 1. The maximum absolute atomic E-state index is 13.7. The van der Waals surface area contributed by atoms with Crippen molar-refractivity contribution in [2.75, 3.05) is 24.2 Å². The Morgan fingerprint density at radius 2 is 1.53 bits per heavy atom. The van der Waals surface area contributed by atoms with Crippen molar-refractivity contribution >= 4 is 27.5 Å². The molecule has 0 fully saturated rings. The van der Waals surface area contributed by atoms with E-state index in [-0.39, 0.29) is 24.6 Å². The van der Waals surface area contributed by atoms with E-state index in [0.717, 1.165) is 39.4 Å². The number of amides is 2. The average molecular weight is 512 g/mol. The number of halogens is 1. The molecule has 1 atom stereocenters. The molecule has 0 aliphatic carbocycles. The molecule has 190 valence electrons. The number of sulfonamides is 1. The molecule has 0 saturated carbocycles. The van der Waals surface area contributed by atoms with Crippen LogP contribution in [0.2, 0.25) is 0 Å². The van der Waals surface area contributed by atoms with Crippen LogP contribution in [0.5, 0.6) is 0 Å². The van der Waals surface area contributed by atoms with Gasteiger partial charge in [0, 0.05) is 20.0 Å². The van der Waals surface area contributed by atoms with E-state index in [1.165, 1.54) is 24.1 Å². The number of nitrogens with one attached hydrogen (secondary N) is 1. The summed E-state index contributed by atoms with van der Waals surface area (Å²) >= 11 is 0. The van der Waals surface area contributed by atoms with E-state index in [9.17, 15) is 22.4 Å². The van der Waals surface area contributed by atoms with Crippen molar-refractivity contribution < 1.29 is 22.4 Å². The molecule has 0 aliphatic heterocycles. The third kappa shape index (κ3) is 7.14. The average Bonchev–Trinajstić information content (AvgIpc) is 2.86. The number of rotatable bonds is 10. The van der Waals surface area contributed by atoms with Gasteiger partial charge in [-0.25, -0.2) is 12.8 Å². The molecule has 3 aromatic carbocycles. The van der Waals surface area contributed by atoms with Gasteiger partial charge in [-0.15, -0.1) is 0 Å². The topological polar surface area (TPSA) is 86.8 Å². The summed E-state index contributed by atoms with van der Waals surface area (Å²) in [5, 5.41) is 2.63. The first kappa shape index (κ1) is 26.9. The molecule has 3 rings (SSSR count). The molecule has 9 heteroatoms. The maximum atomic E-state index is 13.7. The lowest BCUT2D eigenvalue weighted by atomic mass is 10.0. The Morgan fingerprint density at radius 1 is 0.917 bits per heavy atom. The van der Waals surface area contributed by atoms with Crippen LogP contribution >= 0.6 is 0 Å². The second kappa shape index (κ2) is 11.8. The zero-order chi connectivity index (χ0) is 26.3. The number of nitrogens with zero attached hydrogens (tertiary/aromatic N) is 2. The zero-order valence-electron chi connectivity index (χ0n) is 20.5. The molecule has 0 saturated heterocycles. The lowest BCUT2D eigenvalue weighted by Gasteiger charge is -2.33. The largest absolute Gasteiger partial charge is 0.357 e. The zero-order valence-corrected chi connectivity index (χ0v) is 21.3. The molecule has 1 N–H and O–H groups in total. The Bertz CT molecular complexity index is 1280. The highest BCUT2D eigenvalue weighted by atomic mass is 32.2. The lowest BCUT2D eigenvalue weighted by Crippen LogP contribution is -2.52. The summed E-state index contributed by atoms with van der Waals surface area (Å²) in [5.41, 5.74) is 2.85. The van der Waals surface area contributed by atoms with Gasteiger partial charge in [0.05, 0.1) is 11.9 Å². The first-order valence-corrected chi connectivity index (χ1v) is 13.3. The molecule has 3 aromatic rings. The van der Waals surface area contributed by atoms with Gasteiger partial charge in [0.1, 0.15) is 18.4 Å². The second-order valence-corrected chi connectivity index (χ2v) is 10.5. The summed E-state index contributed by atoms with van der Waals surface area (Å²) in [5.74, 6) is -1.45. The molecule has 0 bridgehead atoms. The van der Waals surface area contributed by atoms with Gasteiger partial charge in [0.15, 0.2) is 0 Å². The van der Waals surface area contributed by atoms with Crippen LogP contribution in [0.1, 0.15) is 16.7 Å². The van der Waals surface area contributed by atoms with Crippen molar-refractivity contribution in [1.82, 2.24) is 10.2 Å². The summed E-state index contributed by atoms with van der Waals surface area (Å²) in [4.78, 5) is 28.1. The number of aryl methyl sites for hydroxylation is 1. The Balaban J connectivity index is 2.00. The van der Waals surface area contributed by atoms with Crippen LogP contribution in [0.25, 0.3) is 0 Å². The molecule has 1 unspecified atom stereocenters. The van der Waals surface area contributed by atoms with Crippen molar-refractivity contribution in [1.29, 1.82) is 0 Å². The van der Waals surface area contributed by atoms with E-state index < -0.39 is 34.3 Å². The number of likely N-dealkylation sites (N-methyl/N-ethyl adjacent to an activating group) is 1. The van der Waals surface area contributed by atoms with E-state index in [0.29, 0.717) is 0 Å². The Hall–Kier alpha value is -3.72. The van der Waals surface area contributed by atoms with Gasteiger partial charge >= 0.3 is 0 Å². The molecular weight excluding hydrogens is 481 g/mol. The van der Waals surface area contributed by atoms with Gasteiger partial charge in [0.2, 0.25) is 21.8 Å². The van der Waals surface area contributed by atoms with E-state index in [1.54, 1.807) is 0 Å². The van der Waals surface area contributed by atoms with Gasteiger partial charge in [-0.2, -0.15) is 0 Å².